The number of hydrogen-bond donors (Lipinski definition) is 1. The van der Waals surface area contributed by atoms with Crippen molar-refractivity contribution in [3.05, 3.63) is 119 Å². The standard InChI is InChI=1S/C28H28N4S/c1-19-12-14-23(15-13-19)32-20(2)17-24(21(32)3)27-26(25-11-7-8-16-29-25)30-28(33)31(27)18-22-9-5-4-6-10-22/h4-17,26-27H,18H2,1-3H3,(H,30,33)/t26-,27-/m0/s1. The lowest BCUT2D eigenvalue weighted by Crippen LogP contribution is -2.29. The molecular weight excluding hydrogens is 424 g/mol. The molecule has 4 nitrogen and oxygen atoms in total. The first-order valence-electron chi connectivity index (χ1n) is 11.3. The van der Waals surface area contributed by atoms with Gasteiger partial charge in [-0.05, 0) is 74.4 Å². The zero-order chi connectivity index (χ0) is 22.9. The lowest BCUT2D eigenvalue weighted by Gasteiger charge is -2.28. The first kappa shape index (κ1) is 21.4. The highest BCUT2D eigenvalue weighted by Crippen LogP contribution is 2.42. The summed E-state index contributed by atoms with van der Waals surface area (Å²) in [4.78, 5) is 6.99. The second-order valence-corrected chi connectivity index (χ2v) is 9.12. The molecule has 2 aromatic carbocycles. The van der Waals surface area contributed by atoms with E-state index in [4.69, 9.17) is 12.2 Å². The Morgan fingerprint density at radius 3 is 2.33 bits per heavy atom. The first-order chi connectivity index (χ1) is 16.0. The van der Waals surface area contributed by atoms with E-state index in [9.17, 15) is 0 Å². The predicted octanol–water partition coefficient (Wildman–Crippen LogP) is 5.97. The van der Waals surface area contributed by atoms with Crippen LogP contribution in [0.25, 0.3) is 5.69 Å². The number of benzene rings is 2. The first-order valence-corrected chi connectivity index (χ1v) is 11.7. The summed E-state index contributed by atoms with van der Waals surface area (Å²) in [5.74, 6) is 0. The molecule has 0 saturated carbocycles. The Kier molecular flexibility index (Phi) is 5.73. The molecule has 4 aromatic rings. The van der Waals surface area contributed by atoms with E-state index in [2.05, 4.69) is 101 Å². The molecule has 2 atom stereocenters. The maximum Gasteiger partial charge on any atom is 0.170 e. The van der Waals surface area contributed by atoms with Gasteiger partial charge in [0.2, 0.25) is 0 Å². The minimum absolute atomic E-state index is 0.0191. The Hall–Kier alpha value is -3.44. The quantitative estimate of drug-likeness (QED) is 0.378. The van der Waals surface area contributed by atoms with Crippen LogP contribution in [0.15, 0.2) is 85.1 Å². The van der Waals surface area contributed by atoms with Crippen molar-refractivity contribution in [3.8, 4) is 5.69 Å². The summed E-state index contributed by atoms with van der Waals surface area (Å²) in [6.07, 6.45) is 1.85. The van der Waals surface area contributed by atoms with Crippen molar-refractivity contribution < 1.29 is 0 Å². The fraction of sp³-hybridized carbons (Fsp3) is 0.214. The molecule has 1 aliphatic rings. The van der Waals surface area contributed by atoms with E-state index in [1.54, 1.807) is 0 Å². The Balaban J connectivity index is 1.61. The van der Waals surface area contributed by atoms with Gasteiger partial charge in [-0.3, -0.25) is 4.98 Å². The van der Waals surface area contributed by atoms with Crippen molar-refractivity contribution in [2.75, 3.05) is 0 Å². The summed E-state index contributed by atoms with van der Waals surface area (Å²) in [6, 6.07) is 27.6. The average Bonchev–Trinajstić information content (AvgIpc) is 3.31. The van der Waals surface area contributed by atoms with Gasteiger partial charge in [-0.25, -0.2) is 0 Å². The minimum Gasteiger partial charge on any atom is -0.352 e. The van der Waals surface area contributed by atoms with Crippen LogP contribution >= 0.6 is 12.2 Å². The lowest BCUT2D eigenvalue weighted by atomic mass is 9.96. The molecule has 3 heterocycles. The van der Waals surface area contributed by atoms with E-state index in [1.165, 1.54) is 33.8 Å². The predicted molar refractivity (Wildman–Crippen MR) is 137 cm³/mol. The van der Waals surface area contributed by atoms with E-state index in [-0.39, 0.29) is 12.1 Å². The number of nitrogens with one attached hydrogen (secondary N) is 1. The third-order valence-electron chi connectivity index (χ3n) is 6.47. The molecular formula is C28H28N4S. The third-order valence-corrected chi connectivity index (χ3v) is 6.83. The fourth-order valence-electron chi connectivity index (χ4n) is 4.87. The van der Waals surface area contributed by atoms with Crippen molar-refractivity contribution in [1.82, 2.24) is 19.8 Å². The number of hydrogen-bond acceptors (Lipinski definition) is 2. The van der Waals surface area contributed by atoms with Crippen LogP contribution in [0.4, 0.5) is 0 Å². The van der Waals surface area contributed by atoms with Gasteiger partial charge in [-0.2, -0.15) is 0 Å². The Labute approximate surface area is 200 Å². The largest absolute Gasteiger partial charge is 0.352 e. The molecule has 5 rings (SSSR count). The third kappa shape index (κ3) is 4.05. The topological polar surface area (TPSA) is 33.1 Å². The molecule has 1 aliphatic heterocycles. The van der Waals surface area contributed by atoms with Crippen molar-refractivity contribution in [3.63, 3.8) is 0 Å². The molecule has 0 bridgehead atoms. The number of aromatic nitrogens is 2. The highest BCUT2D eigenvalue weighted by atomic mass is 32.1. The summed E-state index contributed by atoms with van der Waals surface area (Å²) in [7, 11) is 0. The van der Waals surface area contributed by atoms with Gasteiger partial charge in [0.15, 0.2) is 5.11 Å². The monoisotopic (exact) mass is 452 g/mol. The van der Waals surface area contributed by atoms with Gasteiger partial charge in [0.05, 0.1) is 17.8 Å². The van der Waals surface area contributed by atoms with E-state index < -0.39 is 0 Å². The molecule has 5 heteroatoms. The van der Waals surface area contributed by atoms with E-state index in [0.29, 0.717) is 0 Å². The summed E-state index contributed by atoms with van der Waals surface area (Å²) in [6.45, 7) is 7.25. The molecule has 0 aliphatic carbocycles. The molecule has 0 spiro atoms. The van der Waals surface area contributed by atoms with E-state index in [1.807, 2.05) is 24.4 Å². The number of pyridine rings is 1. The number of aryl methyl sites for hydroxylation is 2. The van der Waals surface area contributed by atoms with E-state index in [0.717, 1.165) is 17.4 Å². The van der Waals surface area contributed by atoms with Crippen LogP contribution < -0.4 is 5.32 Å². The van der Waals surface area contributed by atoms with Crippen LogP contribution in [-0.4, -0.2) is 19.6 Å². The molecule has 0 amide bonds. The summed E-state index contributed by atoms with van der Waals surface area (Å²) in [5, 5.41) is 4.34. The minimum atomic E-state index is -0.0191. The van der Waals surface area contributed by atoms with Crippen LogP contribution in [0.5, 0.6) is 0 Å². The molecule has 2 aromatic heterocycles. The Bertz CT molecular complexity index is 1260. The zero-order valence-corrected chi connectivity index (χ0v) is 20.0. The van der Waals surface area contributed by atoms with Gasteiger partial charge < -0.3 is 14.8 Å². The molecule has 0 unspecified atom stereocenters. The van der Waals surface area contributed by atoms with E-state index >= 15 is 0 Å². The van der Waals surface area contributed by atoms with Gasteiger partial charge in [-0.1, -0.05) is 54.1 Å². The van der Waals surface area contributed by atoms with Crippen molar-refractivity contribution in [2.24, 2.45) is 0 Å². The van der Waals surface area contributed by atoms with Crippen LogP contribution in [0.1, 0.15) is 45.9 Å². The molecule has 1 saturated heterocycles. The lowest BCUT2D eigenvalue weighted by molar-refractivity contribution is 0.310. The maximum atomic E-state index is 5.86. The zero-order valence-electron chi connectivity index (χ0n) is 19.2. The Morgan fingerprint density at radius 2 is 1.64 bits per heavy atom. The van der Waals surface area contributed by atoms with Crippen molar-refractivity contribution in [2.45, 2.75) is 39.4 Å². The highest BCUT2D eigenvalue weighted by molar-refractivity contribution is 7.80. The van der Waals surface area contributed by atoms with Crippen LogP contribution in [-0.2, 0) is 6.54 Å². The van der Waals surface area contributed by atoms with Crippen molar-refractivity contribution >= 4 is 17.3 Å². The van der Waals surface area contributed by atoms with Gasteiger partial charge in [-0.15, -0.1) is 0 Å². The number of thiocarbonyl (C=S) groups is 1. The molecule has 166 valence electrons. The number of rotatable bonds is 5. The second kappa shape index (κ2) is 8.83. The van der Waals surface area contributed by atoms with Gasteiger partial charge in [0.1, 0.15) is 0 Å². The normalized spacial score (nSPS) is 17.9. The van der Waals surface area contributed by atoms with Gasteiger partial charge in [0.25, 0.3) is 0 Å². The Morgan fingerprint density at radius 1 is 0.909 bits per heavy atom. The number of nitrogens with zero attached hydrogens (tertiary/aromatic N) is 3. The van der Waals surface area contributed by atoms with Crippen LogP contribution in [0, 0.1) is 20.8 Å². The fourth-order valence-corrected chi connectivity index (χ4v) is 5.18. The SMILES string of the molecule is Cc1ccc(-n2c(C)cc([C@H]3[C@H](c4ccccn4)NC(=S)N3Cc3ccccc3)c2C)cc1. The second-order valence-electron chi connectivity index (χ2n) is 8.74. The smallest absolute Gasteiger partial charge is 0.170 e. The van der Waals surface area contributed by atoms with Gasteiger partial charge >= 0.3 is 0 Å². The van der Waals surface area contributed by atoms with Gasteiger partial charge in [0, 0.05) is 29.8 Å². The molecule has 1 fully saturated rings. The molecule has 0 radical (unpaired) electrons. The highest BCUT2D eigenvalue weighted by Gasteiger charge is 2.41. The molecule has 33 heavy (non-hydrogen) atoms. The van der Waals surface area contributed by atoms with Crippen LogP contribution in [0.2, 0.25) is 0 Å². The summed E-state index contributed by atoms with van der Waals surface area (Å²) < 4.78 is 2.34. The summed E-state index contributed by atoms with van der Waals surface area (Å²) in [5.41, 5.74) is 8.39. The average molecular weight is 453 g/mol. The molecule has 1 N–H and O–H groups in total. The van der Waals surface area contributed by atoms with Crippen molar-refractivity contribution in [1.29, 1.82) is 0 Å². The van der Waals surface area contributed by atoms with Crippen LogP contribution in [0.3, 0.4) is 0 Å². The maximum absolute atomic E-state index is 5.86. The summed E-state index contributed by atoms with van der Waals surface area (Å²) >= 11 is 5.86.